The Labute approximate surface area is 184 Å². The molecule has 0 saturated carbocycles. The Morgan fingerprint density at radius 3 is 2.56 bits per heavy atom. The van der Waals surface area contributed by atoms with Crippen molar-refractivity contribution in [3.05, 3.63) is 71.4 Å². The fourth-order valence-electron chi connectivity index (χ4n) is 3.08. The van der Waals surface area contributed by atoms with Crippen molar-refractivity contribution in [2.24, 2.45) is 0 Å². The van der Waals surface area contributed by atoms with Gasteiger partial charge in [-0.1, -0.05) is 17.7 Å². The van der Waals surface area contributed by atoms with E-state index in [1.54, 1.807) is 24.3 Å². The first-order valence-corrected chi connectivity index (χ1v) is 9.47. The Morgan fingerprint density at radius 2 is 1.88 bits per heavy atom. The van der Waals surface area contributed by atoms with Crippen molar-refractivity contribution in [2.45, 2.75) is 6.36 Å². The number of carbonyl (C=O) groups excluding carboxylic acids is 2. The van der Waals surface area contributed by atoms with Gasteiger partial charge in [0.15, 0.2) is 18.2 Å². The minimum Gasteiger partial charge on any atom is -0.481 e. The number of hydrogen-bond acceptors (Lipinski definition) is 5. The van der Waals surface area contributed by atoms with E-state index in [0.717, 1.165) is 12.1 Å². The number of ether oxygens (including phenoxy) is 2. The number of benzene rings is 2. The van der Waals surface area contributed by atoms with Gasteiger partial charge in [0.05, 0.1) is 16.3 Å². The van der Waals surface area contributed by atoms with Gasteiger partial charge in [-0.15, -0.1) is 13.2 Å². The second kappa shape index (κ2) is 8.39. The highest BCUT2D eigenvalue weighted by atomic mass is 35.5. The third-order valence-electron chi connectivity index (χ3n) is 4.37. The SMILES string of the molecule is O=C(Nc1ccc(OC(F)(F)F)cc1)c1cccc2c1OCC(=O)N2c1ncccc1Cl. The van der Waals surface area contributed by atoms with Crippen LogP contribution in [0.1, 0.15) is 10.4 Å². The first-order chi connectivity index (χ1) is 15.2. The maximum absolute atomic E-state index is 12.8. The van der Waals surface area contributed by atoms with Crippen LogP contribution in [0.15, 0.2) is 60.8 Å². The highest BCUT2D eigenvalue weighted by molar-refractivity contribution is 6.34. The van der Waals surface area contributed by atoms with E-state index in [2.05, 4.69) is 15.0 Å². The molecule has 3 aromatic rings. The molecule has 2 amide bonds. The molecule has 32 heavy (non-hydrogen) atoms. The topological polar surface area (TPSA) is 80.8 Å². The second-order valence-electron chi connectivity index (χ2n) is 6.51. The molecule has 0 radical (unpaired) electrons. The van der Waals surface area contributed by atoms with Crippen LogP contribution in [0.4, 0.5) is 30.4 Å². The number of carbonyl (C=O) groups is 2. The van der Waals surface area contributed by atoms with Gasteiger partial charge in [-0.05, 0) is 48.5 Å². The highest BCUT2D eigenvalue weighted by Gasteiger charge is 2.33. The largest absolute Gasteiger partial charge is 0.573 e. The van der Waals surface area contributed by atoms with Gasteiger partial charge in [-0.3, -0.25) is 14.5 Å². The van der Waals surface area contributed by atoms with Crippen LogP contribution in [0.5, 0.6) is 11.5 Å². The van der Waals surface area contributed by atoms with Crippen LogP contribution >= 0.6 is 11.6 Å². The highest BCUT2D eigenvalue weighted by Crippen LogP contribution is 2.41. The molecule has 11 heteroatoms. The van der Waals surface area contributed by atoms with E-state index in [0.29, 0.717) is 0 Å². The molecule has 2 heterocycles. The normalized spacial score (nSPS) is 13.2. The first-order valence-electron chi connectivity index (χ1n) is 9.09. The molecule has 4 rings (SSSR count). The molecule has 0 spiro atoms. The van der Waals surface area contributed by atoms with E-state index < -0.39 is 23.9 Å². The van der Waals surface area contributed by atoms with Crippen molar-refractivity contribution in [1.82, 2.24) is 4.98 Å². The van der Waals surface area contributed by atoms with Gasteiger partial charge >= 0.3 is 6.36 Å². The summed E-state index contributed by atoms with van der Waals surface area (Å²) in [6, 6.07) is 12.5. The zero-order chi connectivity index (χ0) is 22.9. The number of hydrogen-bond donors (Lipinski definition) is 1. The molecular formula is C21H13ClF3N3O4. The maximum atomic E-state index is 12.8. The van der Waals surface area contributed by atoms with Crippen molar-refractivity contribution in [3.63, 3.8) is 0 Å². The smallest absolute Gasteiger partial charge is 0.481 e. The number of amides is 2. The Kier molecular flexibility index (Phi) is 5.62. The van der Waals surface area contributed by atoms with E-state index in [1.165, 1.54) is 29.3 Å². The molecule has 1 aromatic heterocycles. The van der Waals surface area contributed by atoms with Crippen molar-refractivity contribution in [2.75, 3.05) is 16.8 Å². The van der Waals surface area contributed by atoms with Gasteiger partial charge in [0.2, 0.25) is 0 Å². The molecule has 1 aliphatic heterocycles. The molecule has 0 fully saturated rings. The Bertz CT molecular complexity index is 1190. The minimum absolute atomic E-state index is 0.114. The van der Waals surface area contributed by atoms with Gasteiger partial charge < -0.3 is 14.8 Å². The lowest BCUT2D eigenvalue weighted by atomic mass is 10.1. The van der Waals surface area contributed by atoms with E-state index >= 15 is 0 Å². The third-order valence-corrected chi connectivity index (χ3v) is 4.66. The predicted molar refractivity (Wildman–Crippen MR) is 109 cm³/mol. The Balaban J connectivity index is 1.61. The fraction of sp³-hybridized carbons (Fsp3) is 0.0952. The van der Waals surface area contributed by atoms with Gasteiger partial charge in [0.25, 0.3) is 11.8 Å². The molecule has 1 N–H and O–H groups in total. The Morgan fingerprint density at radius 1 is 1.12 bits per heavy atom. The zero-order valence-electron chi connectivity index (χ0n) is 16.0. The summed E-state index contributed by atoms with van der Waals surface area (Å²) in [7, 11) is 0. The number of nitrogens with one attached hydrogen (secondary N) is 1. The molecule has 0 atom stereocenters. The third kappa shape index (κ3) is 4.45. The van der Waals surface area contributed by atoms with Gasteiger partial charge in [-0.25, -0.2) is 4.98 Å². The summed E-state index contributed by atoms with van der Waals surface area (Å²) in [4.78, 5) is 30.8. The zero-order valence-corrected chi connectivity index (χ0v) is 16.8. The quantitative estimate of drug-likeness (QED) is 0.592. The average molecular weight is 464 g/mol. The molecule has 0 bridgehead atoms. The monoisotopic (exact) mass is 463 g/mol. The summed E-state index contributed by atoms with van der Waals surface area (Å²) in [5, 5.41) is 2.82. The number of para-hydroxylation sites is 1. The number of anilines is 3. The van der Waals surface area contributed by atoms with Crippen molar-refractivity contribution < 1.29 is 32.2 Å². The summed E-state index contributed by atoms with van der Waals surface area (Å²) >= 11 is 6.19. The Hall–Kier alpha value is -3.79. The summed E-state index contributed by atoms with van der Waals surface area (Å²) in [5.41, 5.74) is 0.629. The van der Waals surface area contributed by atoms with E-state index in [9.17, 15) is 22.8 Å². The van der Waals surface area contributed by atoms with Crippen molar-refractivity contribution >= 4 is 40.6 Å². The average Bonchev–Trinajstić information content (AvgIpc) is 2.74. The number of fused-ring (bicyclic) bond motifs is 1. The molecule has 0 saturated heterocycles. The number of alkyl halides is 3. The summed E-state index contributed by atoms with van der Waals surface area (Å²) in [6.45, 7) is -0.340. The summed E-state index contributed by atoms with van der Waals surface area (Å²) in [5.74, 6) is -1.09. The van der Waals surface area contributed by atoms with Gasteiger partial charge in [0.1, 0.15) is 5.75 Å². The van der Waals surface area contributed by atoms with Crippen LogP contribution in [0.2, 0.25) is 5.02 Å². The van der Waals surface area contributed by atoms with Gasteiger partial charge in [-0.2, -0.15) is 0 Å². The molecule has 7 nitrogen and oxygen atoms in total. The van der Waals surface area contributed by atoms with Gasteiger partial charge in [0, 0.05) is 11.9 Å². The fourth-order valence-corrected chi connectivity index (χ4v) is 3.28. The lowest BCUT2D eigenvalue weighted by molar-refractivity contribution is -0.274. The lowest BCUT2D eigenvalue weighted by Gasteiger charge is -2.30. The second-order valence-corrected chi connectivity index (χ2v) is 6.91. The molecule has 0 aliphatic carbocycles. The maximum Gasteiger partial charge on any atom is 0.573 e. The standard InChI is InChI=1S/C21H13ClF3N3O4/c22-15-4-2-10-26-19(15)28-16-5-1-3-14(18(16)31-11-17(28)29)20(30)27-12-6-8-13(9-7-12)32-21(23,24)25/h1-10H,11H2,(H,27,30). The van der Waals surface area contributed by atoms with Crippen LogP contribution in [0, 0.1) is 0 Å². The predicted octanol–water partition coefficient (Wildman–Crippen LogP) is 4.94. The van der Waals surface area contributed by atoms with E-state index in [1.807, 2.05) is 0 Å². The summed E-state index contributed by atoms with van der Waals surface area (Å²) in [6.07, 6.45) is -3.34. The lowest BCUT2D eigenvalue weighted by Crippen LogP contribution is -2.36. The van der Waals surface area contributed by atoms with Crippen molar-refractivity contribution in [1.29, 1.82) is 0 Å². The molecule has 1 aliphatic rings. The van der Waals surface area contributed by atoms with Crippen LogP contribution in [-0.4, -0.2) is 29.8 Å². The number of aromatic nitrogens is 1. The molecule has 0 unspecified atom stereocenters. The number of pyridine rings is 1. The molecule has 164 valence electrons. The van der Waals surface area contributed by atoms with E-state index in [-0.39, 0.29) is 40.1 Å². The number of halogens is 4. The summed E-state index contributed by atoms with van der Waals surface area (Å²) < 4.78 is 46.2. The van der Waals surface area contributed by atoms with Crippen LogP contribution < -0.4 is 19.7 Å². The minimum atomic E-state index is -4.81. The van der Waals surface area contributed by atoms with Crippen LogP contribution in [0.3, 0.4) is 0 Å². The van der Waals surface area contributed by atoms with Crippen LogP contribution in [0.25, 0.3) is 0 Å². The van der Waals surface area contributed by atoms with Crippen LogP contribution in [-0.2, 0) is 4.79 Å². The number of nitrogens with zero attached hydrogens (tertiary/aromatic N) is 2. The first kappa shape index (κ1) is 21.4. The molecule has 2 aromatic carbocycles. The van der Waals surface area contributed by atoms with E-state index in [4.69, 9.17) is 16.3 Å². The van der Waals surface area contributed by atoms with Crippen molar-refractivity contribution in [3.8, 4) is 11.5 Å². The number of rotatable bonds is 4. The molecular weight excluding hydrogens is 451 g/mol.